The van der Waals surface area contributed by atoms with Crippen molar-refractivity contribution in [3.63, 3.8) is 0 Å². The molecule has 0 saturated heterocycles. The molecule has 0 heterocycles. The zero-order chi connectivity index (χ0) is 12.1. The first-order valence-corrected chi connectivity index (χ1v) is 5.54. The highest BCUT2D eigenvalue weighted by Gasteiger charge is 2.40. The van der Waals surface area contributed by atoms with Crippen LogP contribution >= 0.6 is 0 Å². The molecule has 1 N–H and O–H groups in total. The molecule has 15 heavy (non-hydrogen) atoms. The van der Waals surface area contributed by atoms with Gasteiger partial charge in [-0.25, -0.2) is 0 Å². The van der Waals surface area contributed by atoms with Crippen molar-refractivity contribution in [1.82, 2.24) is 0 Å². The van der Waals surface area contributed by atoms with Gasteiger partial charge in [-0.05, 0) is 32.6 Å². The quantitative estimate of drug-likeness (QED) is 0.733. The van der Waals surface area contributed by atoms with Crippen molar-refractivity contribution in [2.75, 3.05) is 0 Å². The first-order chi connectivity index (χ1) is 6.89. The molecular formula is C12H21NO2. The summed E-state index contributed by atoms with van der Waals surface area (Å²) >= 11 is 0. The second-order valence-electron chi connectivity index (χ2n) is 4.50. The summed E-state index contributed by atoms with van der Waals surface area (Å²) in [6.45, 7) is 7.49. The van der Waals surface area contributed by atoms with E-state index in [0.717, 1.165) is 0 Å². The summed E-state index contributed by atoms with van der Waals surface area (Å²) in [5.74, 6) is -0.800. The van der Waals surface area contributed by atoms with Crippen molar-refractivity contribution in [2.24, 2.45) is 10.8 Å². The zero-order valence-corrected chi connectivity index (χ0v) is 10.1. The molecule has 3 nitrogen and oxygen atoms in total. The number of aliphatic carboxylic acids is 1. The molecule has 0 saturated carbocycles. The molecule has 0 aromatic heterocycles. The number of hydrogen-bond acceptors (Lipinski definition) is 2. The normalized spacial score (nSPS) is 15.4. The Hall–Kier alpha value is -1.04. The van der Waals surface area contributed by atoms with Crippen molar-refractivity contribution in [2.45, 2.75) is 53.4 Å². The number of carboxylic acid groups (broad SMARTS) is 1. The third kappa shape index (κ3) is 2.95. The fourth-order valence-corrected chi connectivity index (χ4v) is 1.80. The van der Waals surface area contributed by atoms with Crippen LogP contribution < -0.4 is 0 Å². The Balaban J connectivity index is 4.96. The van der Waals surface area contributed by atoms with Crippen molar-refractivity contribution in [1.29, 1.82) is 5.26 Å². The highest BCUT2D eigenvalue weighted by atomic mass is 16.4. The third-order valence-electron chi connectivity index (χ3n) is 3.62. The van der Waals surface area contributed by atoms with Gasteiger partial charge in [-0.1, -0.05) is 20.8 Å². The number of carboxylic acids is 1. The highest BCUT2D eigenvalue weighted by molar-refractivity contribution is 5.74. The van der Waals surface area contributed by atoms with Crippen LogP contribution in [0.25, 0.3) is 0 Å². The molecule has 86 valence electrons. The van der Waals surface area contributed by atoms with Crippen LogP contribution in [0.4, 0.5) is 0 Å². The van der Waals surface area contributed by atoms with Crippen LogP contribution in [0.1, 0.15) is 53.4 Å². The fourth-order valence-electron chi connectivity index (χ4n) is 1.80. The van der Waals surface area contributed by atoms with Gasteiger partial charge in [0.2, 0.25) is 0 Å². The van der Waals surface area contributed by atoms with Crippen molar-refractivity contribution >= 4 is 5.97 Å². The molecule has 0 rings (SSSR count). The van der Waals surface area contributed by atoms with Gasteiger partial charge in [-0.2, -0.15) is 5.26 Å². The van der Waals surface area contributed by atoms with E-state index in [1.165, 1.54) is 0 Å². The number of carbonyl (C=O) groups is 1. The Kier molecular flexibility index (Phi) is 4.80. The van der Waals surface area contributed by atoms with Crippen molar-refractivity contribution in [3.05, 3.63) is 0 Å². The average Bonchev–Trinajstić information content (AvgIpc) is 2.25. The highest BCUT2D eigenvalue weighted by Crippen LogP contribution is 2.41. The van der Waals surface area contributed by atoms with E-state index in [9.17, 15) is 15.2 Å². The molecule has 0 spiro atoms. The predicted molar refractivity (Wildman–Crippen MR) is 59.3 cm³/mol. The second kappa shape index (κ2) is 5.16. The number of rotatable bonds is 6. The molecule has 0 aliphatic carbocycles. The minimum atomic E-state index is -0.800. The van der Waals surface area contributed by atoms with Crippen LogP contribution in [0.3, 0.4) is 0 Å². The third-order valence-corrected chi connectivity index (χ3v) is 3.62. The SMILES string of the molecule is CCC(C#N)(CC)CC(C)(CC)C(=O)O. The summed E-state index contributed by atoms with van der Waals surface area (Å²) in [6.07, 6.45) is 2.42. The topological polar surface area (TPSA) is 61.1 Å². The van der Waals surface area contributed by atoms with Crippen LogP contribution in [0.5, 0.6) is 0 Å². The van der Waals surface area contributed by atoms with E-state index in [1.807, 2.05) is 20.8 Å². The lowest BCUT2D eigenvalue weighted by Gasteiger charge is -2.33. The van der Waals surface area contributed by atoms with Crippen molar-refractivity contribution < 1.29 is 9.90 Å². The zero-order valence-electron chi connectivity index (χ0n) is 10.1. The van der Waals surface area contributed by atoms with Gasteiger partial charge in [0.25, 0.3) is 0 Å². The summed E-state index contributed by atoms with van der Waals surface area (Å²) < 4.78 is 0. The van der Waals surface area contributed by atoms with Gasteiger partial charge < -0.3 is 5.11 Å². The van der Waals surface area contributed by atoms with Gasteiger partial charge in [0.15, 0.2) is 0 Å². The molecule has 1 unspecified atom stereocenters. The average molecular weight is 211 g/mol. The maximum Gasteiger partial charge on any atom is 0.309 e. The number of nitrogens with zero attached hydrogens (tertiary/aromatic N) is 1. The molecular weight excluding hydrogens is 190 g/mol. The minimum absolute atomic E-state index is 0.440. The van der Waals surface area contributed by atoms with Crippen LogP contribution in [-0.4, -0.2) is 11.1 Å². The van der Waals surface area contributed by atoms with Gasteiger partial charge in [-0.3, -0.25) is 4.79 Å². The molecule has 1 atom stereocenters. The van der Waals surface area contributed by atoms with E-state index in [4.69, 9.17) is 0 Å². The summed E-state index contributed by atoms with van der Waals surface area (Å²) in [5, 5.41) is 18.3. The minimum Gasteiger partial charge on any atom is -0.481 e. The van der Waals surface area contributed by atoms with E-state index >= 15 is 0 Å². The Labute approximate surface area is 92.1 Å². The molecule has 0 aliphatic heterocycles. The Bertz CT molecular complexity index is 263. The Morgan fingerprint density at radius 3 is 1.93 bits per heavy atom. The second-order valence-corrected chi connectivity index (χ2v) is 4.50. The summed E-state index contributed by atoms with van der Waals surface area (Å²) in [6, 6.07) is 2.30. The summed E-state index contributed by atoms with van der Waals surface area (Å²) in [4.78, 5) is 11.2. The van der Waals surface area contributed by atoms with E-state index in [2.05, 4.69) is 6.07 Å². The largest absolute Gasteiger partial charge is 0.481 e. The van der Waals surface area contributed by atoms with Crippen LogP contribution in [0.2, 0.25) is 0 Å². The smallest absolute Gasteiger partial charge is 0.309 e. The predicted octanol–water partition coefficient (Wildman–Crippen LogP) is 3.21. The molecule has 0 amide bonds. The van der Waals surface area contributed by atoms with E-state index in [0.29, 0.717) is 25.7 Å². The summed E-state index contributed by atoms with van der Waals surface area (Å²) in [5.41, 5.74) is -1.26. The number of hydrogen-bond donors (Lipinski definition) is 1. The number of nitriles is 1. The van der Waals surface area contributed by atoms with Crippen LogP contribution in [0, 0.1) is 22.2 Å². The van der Waals surface area contributed by atoms with E-state index in [-0.39, 0.29) is 0 Å². The first-order valence-electron chi connectivity index (χ1n) is 5.54. The summed E-state index contributed by atoms with van der Waals surface area (Å²) in [7, 11) is 0. The van der Waals surface area contributed by atoms with Crippen molar-refractivity contribution in [3.8, 4) is 6.07 Å². The molecule has 0 aliphatic rings. The monoisotopic (exact) mass is 211 g/mol. The maximum absolute atomic E-state index is 11.2. The molecule has 0 aromatic carbocycles. The Morgan fingerprint density at radius 1 is 1.27 bits per heavy atom. The molecule has 0 fully saturated rings. The molecule has 0 bridgehead atoms. The van der Waals surface area contributed by atoms with Gasteiger partial charge in [-0.15, -0.1) is 0 Å². The van der Waals surface area contributed by atoms with E-state index in [1.54, 1.807) is 6.92 Å². The lowest BCUT2D eigenvalue weighted by atomic mass is 9.69. The van der Waals surface area contributed by atoms with Gasteiger partial charge in [0, 0.05) is 0 Å². The van der Waals surface area contributed by atoms with Gasteiger partial charge in [0.05, 0.1) is 16.9 Å². The van der Waals surface area contributed by atoms with Crippen LogP contribution in [0.15, 0.2) is 0 Å². The fraction of sp³-hybridized carbons (Fsp3) is 0.833. The standard InChI is InChI=1S/C12H21NO2/c1-5-11(4,10(14)15)8-12(6-2,7-3)9-13/h5-8H2,1-4H3,(H,14,15). The maximum atomic E-state index is 11.2. The first kappa shape index (κ1) is 14.0. The molecule has 0 aromatic rings. The lowest BCUT2D eigenvalue weighted by molar-refractivity contribution is -0.149. The molecule has 0 radical (unpaired) electrons. The van der Waals surface area contributed by atoms with Gasteiger partial charge >= 0.3 is 5.97 Å². The van der Waals surface area contributed by atoms with E-state index < -0.39 is 16.8 Å². The molecule has 3 heteroatoms. The van der Waals surface area contributed by atoms with Crippen LogP contribution in [-0.2, 0) is 4.79 Å². The lowest BCUT2D eigenvalue weighted by Crippen LogP contribution is -2.34. The Morgan fingerprint density at radius 2 is 1.73 bits per heavy atom. The van der Waals surface area contributed by atoms with Gasteiger partial charge in [0.1, 0.15) is 0 Å².